The van der Waals surface area contributed by atoms with Crippen molar-refractivity contribution >= 4 is 27.3 Å². The van der Waals surface area contributed by atoms with Gasteiger partial charge in [-0.2, -0.15) is 0 Å². The van der Waals surface area contributed by atoms with Crippen LogP contribution in [0.5, 0.6) is 17.2 Å². The highest BCUT2D eigenvalue weighted by atomic mass is 32.2. The number of carboxylic acid groups (broad SMARTS) is 1. The summed E-state index contributed by atoms with van der Waals surface area (Å²) in [6, 6.07) is 21.6. The Hall–Kier alpha value is -4.55. The number of hydrogen-bond donors (Lipinski definition) is 1. The Balaban J connectivity index is 0.000000535. The van der Waals surface area contributed by atoms with Gasteiger partial charge in [0.15, 0.2) is 11.5 Å². The van der Waals surface area contributed by atoms with E-state index in [-0.39, 0.29) is 16.0 Å². The van der Waals surface area contributed by atoms with Crippen LogP contribution in [-0.4, -0.2) is 81.8 Å². The molecule has 0 bridgehead atoms. The van der Waals surface area contributed by atoms with Crippen LogP contribution in [0.4, 0.5) is 0 Å². The lowest BCUT2D eigenvalue weighted by Crippen LogP contribution is -2.23. The van der Waals surface area contributed by atoms with Gasteiger partial charge in [-0.15, -0.1) is 0 Å². The summed E-state index contributed by atoms with van der Waals surface area (Å²) in [4.78, 5) is 22.4. The fourth-order valence-corrected chi connectivity index (χ4v) is 5.75. The molecule has 0 atom stereocenters. The lowest BCUT2D eigenvalue weighted by atomic mass is 10.1. The number of pyridine rings is 1. The van der Waals surface area contributed by atoms with Crippen molar-refractivity contribution in [1.82, 2.24) is 9.30 Å². The summed E-state index contributed by atoms with van der Waals surface area (Å²) in [5.41, 5.74) is 2.03. The van der Waals surface area contributed by atoms with E-state index in [0.29, 0.717) is 12.4 Å². The average molecular weight is 641 g/mol. The quantitative estimate of drug-likeness (QED) is 0.124. The number of ether oxygens (including phenoxy) is 4. The average Bonchev–Trinajstić information content (AvgIpc) is 3.47. The van der Waals surface area contributed by atoms with E-state index in [0.717, 1.165) is 42.9 Å². The predicted octanol–water partition coefficient (Wildman–Crippen LogP) is 4.76. The number of carbonyl (C=O) groups excluding carboxylic acids is 1. The SMILES string of the molecule is CC(C)OC(=O)C(=O)O.COc1ccc(CCN(C)CCCOc2ccc(S(=O)(=O)c3ccc4ccccn34)cc2)cc1OC. The lowest BCUT2D eigenvalue weighted by Gasteiger charge is -2.17. The van der Waals surface area contributed by atoms with Gasteiger partial charge in [-0.3, -0.25) is 0 Å². The number of sulfone groups is 1. The van der Waals surface area contributed by atoms with Gasteiger partial charge in [0.25, 0.3) is 0 Å². The number of methoxy groups -OCH3 is 2. The molecule has 11 nitrogen and oxygen atoms in total. The molecule has 4 aromatic rings. The van der Waals surface area contributed by atoms with Crippen LogP contribution in [0.15, 0.2) is 88.9 Å². The van der Waals surface area contributed by atoms with Gasteiger partial charge in [0.1, 0.15) is 10.8 Å². The monoisotopic (exact) mass is 640 g/mol. The minimum absolute atomic E-state index is 0.244. The van der Waals surface area contributed by atoms with E-state index in [2.05, 4.69) is 22.8 Å². The number of carboxylic acids is 1. The first-order valence-corrected chi connectivity index (χ1v) is 15.8. The second kappa shape index (κ2) is 16.5. The van der Waals surface area contributed by atoms with Crippen molar-refractivity contribution in [3.05, 3.63) is 84.6 Å². The first-order valence-electron chi connectivity index (χ1n) is 14.3. The molecule has 0 aliphatic rings. The second-order valence-corrected chi connectivity index (χ2v) is 12.2. The summed E-state index contributed by atoms with van der Waals surface area (Å²) in [6.07, 6.45) is 3.15. The Morgan fingerprint density at radius 1 is 0.911 bits per heavy atom. The van der Waals surface area contributed by atoms with Gasteiger partial charge < -0.3 is 33.4 Å². The molecule has 45 heavy (non-hydrogen) atoms. The van der Waals surface area contributed by atoms with Gasteiger partial charge in [-0.1, -0.05) is 12.1 Å². The fraction of sp³-hybridized carbons (Fsp3) is 0.333. The largest absolute Gasteiger partial charge is 0.494 e. The van der Waals surface area contributed by atoms with E-state index in [9.17, 15) is 18.0 Å². The second-order valence-electron chi connectivity index (χ2n) is 10.3. The number of esters is 1. The first-order chi connectivity index (χ1) is 21.5. The number of likely N-dealkylation sites (N-methyl/N-ethyl adjacent to an activating group) is 1. The Labute approximate surface area is 263 Å². The van der Waals surface area contributed by atoms with Crippen molar-refractivity contribution in [2.75, 3.05) is 41.0 Å². The smallest absolute Gasteiger partial charge is 0.417 e. The van der Waals surface area contributed by atoms with Crippen LogP contribution < -0.4 is 14.2 Å². The molecule has 242 valence electrons. The number of hydrogen-bond acceptors (Lipinski definition) is 9. The minimum Gasteiger partial charge on any atom is -0.494 e. The standard InChI is InChI=1S/C28H32N2O5S.C5H8O4/c1-29(19-16-22-8-14-26(33-2)27(21-22)34-3)17-6-20-35-24-10-12-25(13-11-24)36(31,32)28-15-9-23-7-4-5-18-30(23)28;1-3(2)9-5(8)4(6)7/h4-5,7-15,18,21H,6,16-17,19-20H2,1-3H3;3H,1-2H3,(H,6,7). The summed E-state index contributed by atoms with van der Waals surface area (Å²) >= 11 is 0. The maximum absolute atomic E-state index is 13.1. The molecular weight excluding hydrogens is 600 g/mol. The number of carbonyl (C=O) groups is 2. The van der Waals surface area contributed by atoms with Crippen molar-refractivity contribution in [2.24, 2.45) is 0 Å². The molecule has 12 heteroatoms. The Kier molecular flexibility index (Phi) is 12.8. The lowest BCUT2D eigenvalue weighted by molar-refractivity contribution is -0.166. The highest BCUT2D eigenvalue weighted by Crippen LogP contribution is 2.28. The van der Waals surface area contributed by atoms with E-state index in [1.54, 1.807) is 75.1 Å². The summed E-state index contributed by atoms with van der Waals surface area (Å²) in [6.45, 7) is 5.52. The van der Waals surface area contributed by atoms with Crippen LogP contribution in [0.3, 0.4) is 0 Å². The molecule has 2 heterocycles. The third-order valence-corrected chi connectivity index (χ3v) is 8.41. The summed E-state index contributed by atoms with van der Waals surface area (Å²) in [5.74, 6) is -0.627. The zero-order chi connectivity index (χ0) is 33.0. The molecule has 0 radical (unpaired) electrons. The molecule has 4 rings (SSSR count). The van der Waals surface area contributed by atoms with Crippen LogP contribution in [0, 0.1) is 0 Å². The van der Waals surface area contributed by atoms with Gasteiger partial charge >= 0.3 is 11.9 Å². The highest BCUT2D eigenvalue weighted by Gasteiger charge is 2.21. The van der Waals surface area contributed by atoms with Crippen molar-refractivity contribution in [3.63, 3.8) is 0 Å². The van der Waals surface area contributed by atoms with Crippen LogP contribution in [-0.2, 0) is 30.6 Å². The van der Waals surface area contributed by atoms with Gasteiger partial charge in [-0.25, -0.2) is 18.0 Å². The fourth-order valence-electron chi connectivity index (χ4n) is 4.34. The van der Waals surface area contributed by atoms with E-state index >= 15 is 0 Å². The molecule has 2 aromatic carbocycles. The normalized spacial score (nSPS) is 11.2. The van der Waals surface area contributed by atoms with Gasteiger partial charge in [0.05, 0.1) is 31.8 Å². The molecule has 0 saturated heterocycles. The van der Waals surface area contributed by atoms with Crippen molar-refractivity contribution in [1.29, 1.82) is 0 Å². The van der Waals surface area contributed by atoms with Crippen LogP contribution in [0.25, 0.3) is 5.52 Å². The number of rotatable bonds is 13. The van der Waals surface area contributed by atoms with E-state index in [1.807, 2.05) is 30.3 Å². The third kappa shape index (κ3) is 9.98. The van der Waals surface area contributed by atoms with Gasteiger partial charge in [0.2, 0.25) is 9.84 Å². The molecule has 0 amide bonds. The minimum atomic E-state index is -3.63. The molecule has 0 spiro atoms. The van der Waals surface area contributed by atoms with Crippen molar-refractivity contribution in [3.8, 4) is 17.2 Å². The third-order valence-electron chi connectivity index (χ3n) is 6.64. The Morgan fingerprint density at radius 2 is 1.62 bits per heavy atom. The number of nitrogens with zero attached hydrogens (tertiary/aromatic N) is 2. The molecule has 2 aromatic heterocycles. The number of benzene rings is 2. The molecule has 0 aliphatic carbocycles. The maximum atomic E-state index is 13.1. The number of aliphatic carboxylic acids is 1. The van der Waals surface area contributed by atoms with E-state index in [4.69, 9.17) is 19.3 Å². The molecule has 0 aliphatic heterocycles. The molecule has 0 saturated carbocycles. The summed E-state index contributed by atoms with van der Waals surface area (Å²) < 4.78 is 48.7. The zero-order valence-electron chi connectivity index (χ0n) is 26.1. The number of aromatic nitrogens is 1. The van der Waals surface area contributed by atoms with Gasteiger partial charge in [0, 0.05) is 24.8 Å². The van der Waals surface area contributed by atoms with E-state index < -0.39 is 21.8 Å². The number of fused-ring (bicyclic) bond motifs is 1. The summed E-state index contributed by atoms with van der Waals surface area (Å²) in [5, 5.41) is 8.21. The molecule has 0 fully saturated rings. The highest BCUT2D eigenvalue weighted by molar-refractivity contribution is 7.91. The van der Waals surface area contributed by atoms with Crippen LogP contribution in [0.1, 0.15) is 25.8 Å². The van der Waals surface area contributed by atoms with E-state index in [1.165, 1.54) is 5.56 Å². The molecular formula is C33H40N2O9S. The topological polar surface area (TPSA) is 133 Å². The van der Waals surface area contributed by atoms with Crippen LogP contribution in [0.2, 0.25) is 0 Å². The Morgan fingerprint density at radius 3 is 2.24 bits per heavy atom. The van der Waals surface area contributed by atoms with Crippen molar-refractivity contribution in [2.45, 2.75) is 42.7 Å². The maximum Gasteiger partial charge on any atom is 0.417 e. The van der Waals surface area contributed by atoms with Gasteiger partial charge in [-0.05, 0) is 100.0 Å². The summed E-state index contributed by atoms with van der Waals surface area (Å²) in [7, 11) is 1.74. The van der Waals surface area contributed by atoms with Crippen LogP contribution >= 0.6 is 0 Å². The zero-order valence-corrected chi connectivity index (χ0v) is 27.0. The molecule has 1 N–H and O–H groups in total. The molecule has 0 unspecified atom stereocenters. The predicted molar refractivity (Wildman–Crippen MR) is 169 cm³/mol. The van der Waals surface area contributed by atoms with Crippen molar-refractivity contribution < 1.29 is 42.1 Å². The Bertz CT molecular complexity index is 1670. The first kappa shape index (κ1) is 34.9.